The Bertz CT molecular complexity index is 588. The van der Waals surface area contributed by atoms with Crippen molar-refractivity contribution >= 4 is 40.7 Å². The zero-order chi connectivity index (χ0) is 13.7. The Balaban J connectivity index is 2.18. The van der Waals surface area contributed by atoms with E-state index >= 15 is 0 Å². The van der Waals surface area contributed by atoms with E-state index in [0.29, 0.717) is 34.0 Å². The van der Waals surface area contributed by atoms with E-state index in [2.05, 4.69) is 32.4 Å². The Morgan fingerprint density at radius 1 is 1.32 bits per heavy atom. The molecule has 0 aliphatic rings. The summed E-state index contributed by atoms with van der Waals surface area (Å²) in [4.78, 5) is 4.23. The molecule has 0 saturated carbocycles. The minimum absolute atomic E-state index is 0.406. The fraction of sp³-hybridized carbons (Fsp3) is 0.0833. The van der Waals surface area contributed by atoms with Crippen molar-refractivity contribution in [3.05, 3.63) is 47.1 Å². The number of halogens is 2. The van der Waals surface area contributed by atoms with Crippen molar-refractivity contribution in [3.8, 4) is 0 Å². The van der Waals surface area contributed by atoms with Crippen molar-refractivity contribution in [3.63, 3.8) is 0 Å². The molecule has 1 aromatic heterocycles. The first kappa shape index (κ1) is 13.6. The second-order valence-electron chi connectivity index (χ2n) is 3.58. The maximum Gasteiger partial charge on any atom is 0.244 e. The normalized spacial score (nSPS) is 10.0. The van der Waals surface area contributed by atoms with Gasteiger partial charge in [0.25, 0.3) is 0 Å². The first-order valence-electron chi connectivity index (χ1n) is 5.45. The molecular formula is C12H11Cl2N5. The van der Waals surface area contributed by atoms with Gasteiger partial charge in [0.1, 0.15) is 0 Å². The summed E-state index contributed by atoms with van der Waals surface area (Å²) >= 11 is 12.0. The zero-order valence-electron chi connectivity index (χ0n) is 9.90. The number of hydrogen-bond acceptors (Lipinski definition) is 5. The summed E-state index contributed by atoms with van der Waals surface area (Å²) in [6.07, 6.45) is 3.20. The number of benzene rings is 1. The van der Waals surface area contributed by atoms with Gasteiger partial charge in [0.15, 0.2) is 5.82 Å². The lowest BCUT2D eigenvalue weighted by Crippen LogP contribution is -2.06. The maximum atomic E-state index is 6.06. The van der Waals surface area contributed by atoms with E-state index in [1.165, 1.54) is 6.20 Å². The van der Waals surface area contributed by atoms with Crippen LogP contribution in [0, 0.1) is 0 Å². The van der Waals surface area contributed by atoms with Crippen LogP contribution in [0.15, 0.2) is 37.1 Å². The molecule has 0 amide bonds. The largest absolute Gasteiger partial charge is 0.349 e. The smallest absolute Gasteiger partial charge is 0.244 e. The molecule has 0 radical (unpaired) electrons. The van der Waals surface area contributed by atoms with Gasteiger partial charge in [-0.2, -0.15) is 10.1 Å². The molecule has 1 aromatic carbocycles. The van der Waals surface area contributed by atoms with Crippen molar-refractivity contribution in [1.82, 2.24) is 15.2 Å². The number of nitrogens with one attached hydrogen (secondary N) is 2. The van der Waals surface area contributed by atoms with E-state index < -0.39 is 0 Å². The monoisotopic (exact) mass is 295 g/mol. The van der Waals surface area contributed by atoms with E-state index in [1.54, 1.807) is 24.3 Å². The number of hydrogen-bond donors (Lipinski definition) is 2. The van der Waals surface area contributed by atoms with Gasteiger partial charge < -0.3 is 10.6 Å². The van der Waals surface area contributed by atoms with Gasteiger partial charge in [0.05, 0.1) is 16.9 Å². The summed E-state index contributed by atoms with van der Waals surface area (Å²) in [7, 11) is 0. The molecule has 2 N–H and O–H groups in total. The molecule has 0 atom stereocenters. The highest BCUT2D eigenvalue weighted by Gasteiger charge is 2.04. The van der Waals surface area contributed by atoms with Crippen molar-refractivity contribution in [1.29, 1.82) is 0 Å². The molecule has 0 fully saturated rings. The molecule has 1 heterocycles. The SMILES string of the molecule is C=CCNc1nncc(Nc2cc(Cl)ccc2Cl)n1. The topological polar surface area (TPSA) is 62.7 Å². The van der Waals surface area contributed by atoms with E-state index in [9.17, 15) is 0 Å². The van der Waals surface area contributed by atoms with Crippen LogP contribution < -0.4 is 10.6 Å². The molecule has 5 nitrogen and oxygen atoms in total. The van der Waals surface area contributed by atoms with Gasteiger partial charge in [0, 0.05) is 11.6 Å². The summed E-state index contributed by atoms with van der Waals surface area (Å²) < 4.78 is 0. The molecule has 19 heavy (non-hydrogen) atoms. The highest BCUT2D eigenvalue weighted by molar-refractivity contribution is 6.35. The van der Waals surface area contributed by atoms with Crippen LogP contribution >= 0.6 is 23.2 Å². The fourth-order valence-electron chi connectivity index (χ4n) is 1.33. The van der Waals surface area contributed by atoms with Crippen molar-refractivity contribution in [2.75, 3.05) is 17.2 Å². The molecule has 2 aromatic rings. The van der Waals surface area contributed by atoms with E-state index in [1.807, 2.05) is 0 Å². The van der Waals surface area contributed by atoms with E-state index in [4.69, 9.17) is 23.2 Å². The van der Waals surface area contributed by atoms with Gasteiger partial charge in [0.2, 0.25) is 5.95 Å². The minimum atomic E-state index is 0.406. The Hall–Kier alpha value is -1.85. The van der Waals surface area contributed by atoms with Crippen LogP contribution in [-0.4, -0.2) is 21.7 Å². The van der Waals surface area contributed by atoms with Crippen LogP contribution in [0.25, 0.3) is 0 Å². The number of aromatic nitrogens is 3. The molecule has 0 aliphatic heterocycles. The second kappa shape index (κ2) is 6.36. The lowest BCUT2D eigenvalue weighted by Gasteiger charge is -2.08. The molecule has 7 heteroatoms. The van der Waals surface area contributed by atoms with Gasteiger partial charge in [-0.15, -0.1) is 11.7 Å². The van der Waals surface area contributed by atoms with Crippen molar-refractivity contribution in [2.24, 2.45) is 0 Å². The Morgan fingerprint density at radius 3 is 2.95 bits per heavy atom. The van der Waals surface area contributed by atoms with Crippen LogP contribution in [0.5, 0.6) is 0 Å². The lowest BCUT2D eigenvalue weighted by atomic mass is 10.3. The average Bonchev–Trinajstić information content (AvgIpc) is 2.41. The first-order chi connectivity index (χ1) is 9.19. The molecule has 0 aliphatic carbocycles. The second-order valence-corrected chi connectivity index (χ2v) is 4.43. The highest BCUT2D eigenvalue weighted by Crippen LogP contribution is 2.27. The van der Waals surface area contributed by atoms with Crippen molar-refractivity contribution in [2.45, 2.75) is 0 Å². The van der Waals surface area contributed by atoms with Gasteiger partial charge in [-0.05, 0) is 18.2 Å². The quantitative estimate of drug-likeness (QED) is 0.827. The van der Waals surface area contributed by atoms with Crippen LogP contribution in [-0.2, 0) is 0 Å². The van der Waals surface area contributed by atoms with Gasteiger partial charge in [-0.3, -0.25) is 0 Å². The highest BCUT2D eigenvalue weighted by atomic mass is 35.5. The minimum Gasteiger partial charge on any atom is -0.349 e. The summed E-state index contributed by atoms with van der Waals surface area (Å²) in [5.74, 6) is 0.925. The number of anilines is 3. The fourth-order valence-corrected chi connectivity index (χ4v) is 1.67. The molecule has 0 saturated heterocycles. The Kier molecular flexibility index (Phi) is 4.54. The number of rotatable bonds is 5. The third kappa shape index (κ3) is 3.81. The summed E-state index contributed by atoms with van der Waals surface area (Å²) in [5.41, 5.74) is 0.657. The zero-order valence-corrected chi connectivity index (χ0v) is 11.4. The van der Waals surface area contributed by atoms with Gasteiger partial charge >= 0.3 is 0 Å². The Morgan fingerprint density at radius 2 is 2.16 bits per heavy atom. The molecule has 0 spiro atoms. The third-order valence-corrected chi connectivity index (χ3v) is 2.72. The first-order valence-corrected chi connectivity index (χ1v) is 6.21. The van der Waals surface area contributed by atoms with E-state index in [-0.39, 0.29) is 0 Å². The maximum absolute atomic E-state index is 6.06. The Labute approximate surface area is 120 Å². The predicted octanol–water partition coefficient (Wildman–Crippen LogP) is 3.52. The van der Waals surface area contributed by atoms with Crippen LogP contribution in [0.1, 0.15) is 0 Å². The van der Waals surface area contributed by atoms with Crippen LogP contribution in [0.3, 0.4) is 0 Å². The predicted molar refractivity (Wildman–Crippen MR) is 78.3 cm³/mol. The van der Waals surface area contributed by atoms with E-state index in [0.717, 1.165) is 0 Å². The summed E-state index contributed by atoms with van der Waals surface area (Å²) in [6, 6.07) is 5.13. The standard InChI is InChI=1S/C12H11Cl2N5/c1-2-5-15-12-18-11(7-16-19-12)17-10-6-8(13)3-4-9(10)14/h2-4,6-7H,1,5H2,(H2,15,17,18,19). The molecule has 2 rings (SSSR count). The van der Waals surface area contributed by atoms with Crippen LogP contribution in [0.4, 0.5) is 17.5 Å². The van der Waals surface area contributed by atoms with Gasteiger partial charge in [-0.1, -0.05) is 29.3 Å². The molecule has 0 bridgehead atoms. The summed E-state index contributed by atoms with van der Waals surface area (Å²) in [6.45, 7) is 4.16. The molecular weight excluding hydrogens is 285 g/mol. The third-order valence-electron chi connectivity index (χ3n) is 2.15. The van der Waals surface area contributed by atoms with Gasteiger partial charge in [-0.25, -0.2) is 0 Å². The lowest BCUT2D eigenvalue weighted by molar-refractivity contribution is 0.968. The molecule has 0 unspecified atom stereocenters. The average molecular weight is 296 g/mol. The molecule has 98 valence electrons. The summed E-state index contributed by atoms with van der Waals surface area (Å²) in [5, 5.41) is 14.8. The van der Waals surface area contributed by atoms with Crippen LogP contribution in [0.2, 0.25) is 10.0 Å². The van der Waals surface area contributed by atoms with Crippen molar-refractivity contribution < 1.29 is 0 Å². The number of nitrogens with zero attached hydrogens (tertiary/aromatic N) is 3.